The van der Waals surface area contributed by atoms with Crippen LogP contribution in [0.2, 0.25) is 0 Å². The molecule has 0 atom stereocenters. The lowest BCUT2D eigenvalue weighted by molar-refractivity contribution is -0.121. The Morgan fingerprint density at radius 2 is 1.40 bits per heavy atom. The van der Waals surface area contributed by atoms with Crippen LogP contribution in [0.4, 0.5) is 0 Å². The normalized spacial score (nSPS) is 10.4. The van der Waals surface area contributed by atoms with Crippen molar-refractivity contribution in [2.75, 3.05) is 27.2 Å². The molecule has 0 saturated heterocycles. The number of unbranched alkanes of at least 4 members (excludes halogenated alkanes) is 8. The molecule has 0 radical (unpaired) electrons. The topological polar surface area (TPSA) is 32.3 Å². The predicted octanol–water partition coefficient (Wildman–Crippen LogP) is 4.01. The van der Waals surface area contributed by atoms with Crippen molar-refractivity contribution in [2.24, 2.45) is 0 Å². The Balaban J connectivity index is 0. The van der Waals surface area contributed by atoms with Gasteiger partial charge in [-0.05, 0) is 20.5 Å². The number of carbonyl (C=O) groups is 1. The minimum absolute atomic E-state index is 0. The summed E-state index contributed by atoms with van der Waals surface area (Å²) in [6.07, 6.45) is 12.4. The van der Waals surface area contributed by atoms with E-state index in [1.807, 2.05) is 14.1 Å². The van der Waals surface area contributed by atoms with Crippen molar-refractivity contribution in [1.82, 2.24) is 10.2 Å². The van der Waals surface area contributed by atoms with Gasteiger partial charge in [-0.15, -0.1) is 12.4 Å². The van der Waals surface area contributed by atoms with Gasteiger partial charge in [-0.1, -0.05) is 58.3 Å². The average Bonchev–Trinajstić information content (AvgIpc) is 2.36. The van der Waals surface area contributed by atoms with Crippen LogP contribution in [0.25, 0.3) is 0 Å². The SMILES string of the molecule is CCCCCCCCCCCC(=O)NCCN(C)C.Cl. The molecule has 0 spiro atoms. The molecule has 0 fully saturated rings. The van der Waals surface area contributed by atoms with Gasteiger partial charge in [0.1, 0.15) is 0 Å². The second-order valence-electron chi connectivity index (χ2n) is 5.73. The van der Waals surface area contributed by atoms with Crippen molar-refractivity contribution >= 4 is 18.3 Å². The van der Waals surface area contributed by atoms with E-state index in [-0.39, 0.29) is 18.3 Å². The smallest absolute Gasteiger partial charge is 0.220 e. The summed E-state index contributed by atoms with van der Waals surface area (Å²) in [5.41, 5.74) is 0. The summed E-state index contributed by atoms with van der Waals surface area (Å²) in [5.74, 6) is 0.213. The van der Waals surface area contributed by atoms with Gasteiger partial charge in [-0.25, -0.2) is 0 Å². The molecule has 0 aliphatic rings. The third-order valence-corrected chi connectivity index (χ3v) is 3.39. The van der Waals surface area contributed by atoms with Crippen LogP contribution in [0.3, 0.4) is 0 Å². The molecule has 0 aliphatic heterocycles. The van der Waals surface area contributed by atoms with Gasteiger partial charge in [0, 0.05) is 19.5 Å². The van der Waals surface area contributed by atoms with E-state index in [0.29, 0.717) is 6.42 Å². The van der Waals surface area contributed by atoms with Gasteiger partial charge in [0.05, 0.1) is 0 Å². The van der Waals surface area contributed by atoms with E-state index in [2.05, 4.69) is 17.1 Å². The first-order valence-corrected chi connectivity index (χ1v) is 8.08. The molecule has 0 saturated carbocycles. The lowest BCUT2D eigenvalue weighted by Gasteiger charge is -2.10. The Kier molecular flexibility index (Phi) is 18.5. The fourth-order valence-electron chi connectivity index (χ4n) is 2.10. The standard InChI is InChI=1S/C16H34N2O.ClH/c1-4-5-6-7-8-9-10-11-12-13-16(19)17-14-15-18(2)3;/h4-15H2,1-3H3,(H,17,19);1H. The summed E-state index contributed by atoms with van der Waals surface area (Å²) >= 11 is 0. The van der Waals surface area contributed by atoms with Crippen LogP contribution in [0.15, 0.2) is 0 Å². The van der Waals surface area contributed by atoms with Crippen molar-refractivity contribution in [2.45, 2.75) is 71.1 Å². The second kappa shape index (κ2) is 16.8. The molecule has 0 unspecified atom stereocenters. The van der Waals surface area contributed by atoms with Crippen LogP contribution in [-0.2, 0) is 4.79 Å². The lowest BCUT2D eigenvalue weighted by Crippen LogP contribution is -2.31. The van der Waals surface area contributed by atoms with E-state index in [4.69, 9.17) is 0 Å². The Morgan fingerprint density at radius 3 is 1.90 bits per heavy atom. The summed E-state index contributed by atoms with van der Waals surface area (Å²) in [6.45, 7) is 3.94. The van der Waals surface area contributed by atoms with Crippen LogP contribution in [-0.4, -0.2) is 38.0 Å². The Hall–Kier alpha value is -0.280. The molecule has 0 aromatic rings. The minimum Gasteiger partial charge on any atom is -0.355 e. The average molecular weight is 307 g/mol. The van der Waals surface area contributed by atoms with E-state index in [9.17, 15) is 4.79 Å². The van der Waals surface area contributed by atoms with Crippen molar-refractivity contribution in [1.29, 1.82) is 0 Å². The highest BCUT2D eigenvalue weighted by Crippen LogP contribution is 2.10. The lowest BCUT2D eigenvalue weighted by atomic mass is 10.1. The van der Waals surface area contributed by atoms with E-state index in [1.54, 1.807) is 0 Å². The summed E-state index contributed by atoms with van der Waals surface area (Å²) in [4.78, 5) is 13.6. The third kappa shape index (κ3) is 17.7. The van der Waals surface area contributed by atoms with E-state index in [0.717, 1.165) is 19.5 Å². The summed E-state index contributed by atoms with van der Waals surface area (Å²) in [5, 5.41) is 2.96. The van der Waals surface area contributed by atoms with Crippen molar-refractivity contribution in [3.05, 3.63) is 0 Å². The van der Waals surface area contributed by atoms with Crippen molar-refractivity contribution < 1.29 is 4.79 Å². The molecular weight excluding hydrogens is 272 g/mol. The molecule has 0 aliphatic carbocycles. The first kappa shape index (κ1) is 22.0. The number of carbonyl (C=O) groups excluding carboxylic acids is 1. The summed E-state index contributed by atoms with van der Waals surface area (Å²) in [6, 6.07) is 0. The number of nitrogens with zero attached hydrogens (tertiary/aromatic N) is 1. The molecule has 3 nitrogen and oxygen atoms in total. The second-order valence-corrected chi connectivity index (χ2v) is 5.73. The van der Waals surface area contributed by atoms with Gasteiger partial charge in [0.2, 0.25) is 5.91 Å². The third-order valence-electron chi connectivity index (χ3n) is 3.39. The maximum atomic E-state index is 11.5. The fraction of sp³-hybridized carbons (Fsp3) is 0.938. The molecule has 122 valence electrons. The molecule has 0 aromatic carbocycles. The zero-order valence-corrected chi connectivity index (χ0v) is 14.6. The maximum Gasteiger partial charge on any atom is 0.220 e. The molecule has 1 N–H and O–H groups in total. The number of rotatable bonds is 13. The van der Waals surface area contributed by atoms with Crippen LogP contribution in [0.5, 0.6) is 0 Å². The summed E-state index contributed by atoms with van der Waals surface area (Å²) in [7, 11) is 4.04. The molecule has 20 heavy (non-hydrogen) atoms. The van der Waals surface area contributed by atoms with E-state index in [1.165, 1.54) is 51.4 Å². The largest absolute Gasteiger partial charge is 0.355 e. The maximum absolute atomic E-state index is 11.5. The van der Waals surface area contributed by atoms with Crippen molar-refractivity contribution in [3.8, 4) is 0 Å². The van der Waals surface area contributed by atoms with Gasteiger partial charge >= 0.3 is 0 Å². The van der Waals surface area contributed by atoms with Gasteiger partial charge < -0.3 is 10.2 Å². The molecule has 1 amide bonds. The molecule has 0 bridgehead atoms. The first-order valence-electron chi connectivity index (χ1n) is 8.08. The van der Waals surface area contributed by atoms with Gasteiger partial charge in [-0.3, -0.25) is 4.79 Å². The highest BCUT2D eigenvalue weighted by atomic mass is 35.5. The van der Waals surface area contributed by atoms with Gasteiger partial charge in [-0.2, -0.15) is 0 Å². The number of hydrogen-bond acceptors (Lipinski definition) is 2. The summed E-state index contributed by atoms with van der Waals surface area (Å²) < 4.78 is 0. The van der Waals surface area contributed by atoms with Crippen molar-refractivity contribution in [3.63, 3.8) is 0 Å². The predicted molar refractivity (Wildman–Crippen MR) is 90.7 cm³/mol. The molecule has 0 aromatic heterocycles. The number of halogens is 1. The quantitative estimate of drug-likeness (QED) is 0.521. The zero-order valence-electron chi connectivity index (χ0n) is 13.7. The van der Waals surface area contributed by atoms with Crippen LogP contribution in [0, 0.1) is 0 Å². The van der Waals surface area contributed by atoms with E-state index >= 15 is 0 Å². The number of amides is 1. The first-order chi connectivity index (χ1) is 9.16. The number of nitrogens with one attached hydrogen (secondary N) is 1. The Bertz CT molecular complexity index is 211. The zero-order chi connectivity index (χ0) is 14.3. The fourth-order valence-corrected chi connectivity index (χ4v) is 2.10. The molecule has 0 rings (SSSR count). The Morgan fingerprint density at radius 1 is 0.900 bits per heavy atom. The Labute approximate surface area is 132 Å². The van der Waals surface area contributed by atoms with Crippen LogP contribution in [0.1, 0.15) is 71.1 Å². The minimum atomic E-state index is 0. The molecule has 0 heterocycles. The number of likely N-dealkylation sites (N-methyl/N-ethyl adjacent to an activating group) is 1. The molecular formula is C16H35ClN2O. The number of hydrogen-bond donors (Lipinski definition) is 1. The van der Waals surface area contributed by atoms with Crippen LogP contribution < -0.4 is 5.32 Å². The van der Waals surface area contributed by atoms with Gasteiger partial charge in [0.15, 0.2) is 0 Å². The highest BCUT2D eigenvalue weighted by Gasteiger charge is 2.00. The van der Waals surface area contributed by atoms with Crippen LogP contribution >= 0.6 is 12.4 Å². The monoisotopic (exact) mass is 306 g/mol. The van der Waals surface area contributed by atoms with E-state index < -0.39 is 0 Å². The highest BCUT2D eigenvalue weighted by molar-refractivity contribution is 5.85. The van der Waals surface area contributed by atoms with Gasteiger partial charge in [0.25, 0.3) is 0 Å². The molecule has 4 heteroatoms.